The van der Waals surface area contributed by atoms with E-state index >= 15 is 0 Å². The van der Waals surface area contributed by atoms with E-state index in [0.29, 0.717) is 22.0 Å². The average molecular weight is 586 g/mol. The molecule has 1 aromatic carbocycles. The van der Waals surface area contributed by atoms with Crippen LogP contribution in [-0.2, 0) is 22.4 Å². The summed E-state index contributed by atoms with van der Waals surface area (Å²) >= 11 is 9.81. The SMILES string of the molecule is Cc1nc2sc3c(c2c(-c2ccc(Cl)cc2OI)c1[C@H](OC(C)(C)C)C(=O)O)CCCC3. The van der Waals surface area contributed by atoms with E-state index in [0.717, 1.165) is 47.0 Å². The molecule has 1 atom stereocenters. The summed E-state index contributed by atoms with van der Waals surface area (Å²) in [7, 11) is 0. The van der Waals surface area contributed by atoms with Crippen LogP contribution in [0.2, 0.25) is 5.02 Å². The maximum atomic E-state index is 12.5. The lowest BCUT2D eigenvalue weighted by molar-refractivity contribution is -0.160. The van der Waals surface area contributed by atoms with E-state index < -0.39 is 17.7 Å². The van der Waals surface area contributed by atoms with Gasteiger partial charge in [0.1, 0.15) is 10.6 Å². The van der Waals surface area contributed by atoms with Crippen LogP contribution in [-0.4, -0.2) is 21.7 Å². The minimum atomic E-state index is -1.17. The van der Waals surface area contributed by atoms with E-state index in [1.807, 2.05) is 56.8 Å². The summed E-state index contributed by atoms with van der Waals surface area (Å²) in [6.07, 6.45) is 3.09. The zero-order chi connectivity index (χ0) is 23.2. The molecule has 0 unspecified atom stereocenters. The number of aliphatic carboxylic acids is 1. The molecule has 0 fully saturated rings. The van der Waals surface area contributed by atoms with Crippen LogP contribution in [0.3, 0.4) is 0 Å². The van der Waals surface area contributed by atoms with Crippen molar-refractivity contribution in [1.29, 1.82) is 0 Å². The highest BCUT2D eigenvalue weighted by atomic mass is 127. The van der Waals surface area contributed by atoms with Gasteiger partial charge < -0.3 is 12.9 Å². The molecule has 0 spiro atoms. The van der Waals surface area contributed by atoms with Crippen molar-refractivity contribution >= 4 is 62.1 Å². The van der Waals surface area contributed by atoms with E-state index in [4.69, 9.17) is 24.4 Å². The van der Waals surface area contributed by atoms with E-state index in [1.165, 1.54) is 10.4 Å². The van der Waals surface area contributed by atoms with E-state index in [1.54, 1.807) is 23.5 Å². The van der Waals surface area contributed by atoms with Gasteiger partial charge in [-0.3, -0.25) is 0 Å². The van der Waals surface area contributed by atoms with Gasteiger partial charge in [0.15, 0.2) is 29.1 Å². The second kappa shape index (κ2) is 9.08. The summed E-state index contributed by atoms with van der Waals surface area (Å²) in [5, 5.41) is 11.8. The number of hydrogen-bond acceptors (Lipinski definition) is 5. The number of nitrogens with zero attached hydrogens (tertiary/aromatic N) is 1. The van der Waals surface area contributed by atoms with Crippen LogP contribution in [0.4, 0.5) is 0 Å². The summed E-state index contributed by atoms with van der Waals surface area (Å²) in [4.78, 5) is 19.6. The van der Waals surface area contributed by atoms with Gasteiger partial charge in [-0.2, -0.15) is 0 Å². The zero-order valence-corrected chi connectivity index (χ0v) is 22.2. The second-order valence-electron chi connectivity index (χ2n) is 9.04. The first-order valence-corrected chi connectivity index (χ1v) is 12.6. The molecule has 32 heavy (non-hydrogen) atoms. The molecule has 170 valence electrons. The van der Waals surface area contributed by atoms with Gasteiger partial charge in [-0.15, -0.1) is 11.3 Å². The normalized spacial score (nSPS) is 14.9. The van der Waals surface area contributed by atoms with Crippen LogP contribution in [0.25, 0.3) is 21.3 Å². The van der Waals surface area contributed by atoms with Crippen LogP contribution in [0.1, 0.15) is 61.4 Å². The highest BCUT2D eigenvalue weighted by Gasteiger charge is 2.34. The Hall–Kier alpha value is -1.42. The molecule has 8 heteroatoms. The van der Waals surface area contributed by atoms with Gasteiger partial charge in [0, 0.05) is 43.7 Å². The van der Waals surface area contributed by atoms with Gasteiger partial charge >= 0.3 is 5.97 Å². The molecule has 0 aliphatic heterocycles. The lowest BCUT2D eigenvalue weighted by atomic mass is 9.87. The second-order valence-corrected chi connectivity index (χ2v) is 11.0. The summed E-state index contributed by atoms with van der Waals surface area (Å²) < 4.78 is 11.8. The van der Waals surface area contributed by atoms with Crippen molar-refractivity contribution < 1.29 is 17.7 Å². The zero-order valence-electron chi connectivity index (χ0n) is 18.4. The third kappa shape index (κ3) is 4.49. The van der Waals surface area contributed by atoms with Crippen LogP contribution in [0.15, 0.2) is 18.2 Å². The molecule has 2 aromatic heterocycles. The van der Waals surface area contributed by atoms with Gasteiger partial charge in [0.2, 0.25) is 0 Å². The number of carboxylic acids is 1. The summed E-state index contributed by atoms with van der Waals surface area (Å²) in [6.45, 7) is 7.44. The van der Waals surface area contributed by atoms with Crippen LogP contribution in [0.5, 0.6) is 5.75 Å². The number of rotatable bonds is 5. The third-order valence-electron chi connectivity index (χ3n) is 5.59. The fraction of sp³-hybridized carbons (Fsp3) is 0.417. The van der Waals surface area contributed by atoms with Crippen molar-refractivity contribution in [2.75, 3.05) is 0 Å². The van der Waals surface area contributed by atoms with Crippen LogP contribution in [0, 0.1) is 6.92 Å². The molecule has 0 saturated carbocycles. The molecule has 1 aliphatic carbocycles. The Labute approximate surface area is 210 Å². The maximum Gasteiger partial charge on any atom is 0.337 e. The number of halogens is 2. The third-order valence-corrected chi connectivity index (χ3v) is 7.48. The van der Waals surface area contributed by atoms with Gasteiger partial charge in [-0.25, -0.2) is 9.78 Å². The number of hydrogen-bond donors (Lipinski definition) is 1. The number of ether oxygens (including phenoxy) is 1. The van der Waals surface area contributed by atoms with Gasteiger partial charge in [0.05, 0.1) is 5.60 Å². The molecule has 0 bridgehead atoms. The van der Waals surface area contributed by atoms with Crippen molar-refractivity contribution in [2.24, 2.45) is 0 Å². The first kappa shape index (κ1) is 23.7. The number of aryl methyl sites for hydroxylation is 3. The lowest BCUT2D eigenvalue weighted by Crippen LogP contribution is -2.28. The lowest BCUT2D eigenvalue weighted by Gasteiger charge is -2.28. The van der Waals surface area contributed by atoms with Crippen LogP contribution < -0.4 is 3.07 Å². The number of thiophene rings is 1. The highest BCUT2D eigenvalue weighted by Crippen LogP contribution is 2.48. The molecule has 0 saturated heterocycles. The number of benzene rings is 1. The van der Waals surface area contributed by atoms with Crippen molar-refractivity contribution in [1.82, 2.24) is 4.98 Å². The molecule has 1 aliphatic rings. The van der Waals surface area contributed by atoms with Crippen LogP contribution >= 0.6 is 45.9 Å². The van der Waals surface area contributed by atoms with Gasteiger partial charge in [-0.05, 0) is 71.1 Å². The standard InChI is InChI=1S/C24H25ClINO4S/c1-12-18(21(23(28)29)30-24(2,3)4)19(14-10-9-13(25)11-16(14)31-26)20-15-7-5-6-8-17(15)32-22(20)27-12/h9-11,21H,5-8H2,1-4H3,(H,28,29)/t21-/m0/s1. The van der Waals surface area contributed by atoms with Crippen molar-refractivity contribution in [2.45, 2.75) is 65.1 Å². The molecule has 4 rings (SSSR count). The number of carboxylic acid groups (broad SMARTS) is 1. The number of aromatic nitrogens is 1. The number of fused-ring (bicyclic) bond motifs is 3. The molecule has 3 aromatic rings. The Morgan fingerprint density at radius 2 is 2.00 bits per heavy atom. The topological polar surface area (TPSA) is 68.7 Å². The quantitative estimate of drug-likeness (QED) is 0.315. The minimum Gasteiger partial charge on any atom is -0.479 e. The molecular formula is C24H25ClINO4S. The van der Waals surface area contributed by atoms with E-state index in [9.17, 15) is 9.90 Å². The number of pyridine rings is 1. The molecular weight excluding hydrogens is 561 g/mol. The summed E-state index contributed by atoms with van der Waals surface area (Å²) in [6, 6.07) is 5.46. The van der Waals surface area contributed by atoms with E-state index in [-0.39, 0.29) is 0 Å². The average Bonchev–Trinajstić information content (AvgIpc) is 3.08. The van der Waals surface area contributed by atoms with Crippen molar-refractivity contribution in [3.05, 3.63) is 44.9 Å². The van der Waals surface area contributed by atoms with Crippen molar-refractivity contribution in [3.8, 4) is 16.9 Å². The Kier molecular flexibility index (Phi) is 6.73. The maximum absolute atomic E-state index is 12.5. The van der Waals surface area contributed by atoms with Gasteiger partial charge in [0.25, 0.3) is 0 Å². The molecule has 1 N–H and O–H groups in total. The monoisotopic (exact) mass is 585 g/mol. The Morgan fingerprint density at radius 1 is 1.28 bits per heavy atom. The first-order valence-electron chi connectivity index (χ1n) is 10.5. The largest absolute Gasteiger partial charge is 0.479 e. The molecule has 5 nitrogen and oxygen atoms in total. The first-order chi connectivity index (χ1) is 15.1. The molecule has 2 heterocycles. The minimum absolute atomic E-state index is 0.553. The Morgan fingerprint density at radius 3 is 2.66 bits per heavy atom. The highest BCUT2D eigenvalue weighted by molar-refractivity contribution is 14.1. The fourth-order valence-electron chi connectivity index (χ4n) is 4.37. The Bertz CT molecular complexity index is 1200. The number of carbonyl (C=O) groups is 1. The predicted molar refractivity (Wildman–Crippen MR) is 137 cm³/mol. The van der Waals surface area contributed by atoms with Crippen molar-refractivity contribution in [3.63, 3.8) is 0 Å². The van der Waals surface area contributed by atoms with E-state index in [2.05, 4.69) is 0 Å². The van der Waals surface area contributed by atoms with Gasteiger partial charge in [-0.1, -0.05) is 11.6 Å². The molecule has 0 amide bonds. The smallest absolute Gasteiger partial charge is 0.337 e. The molecule has 0 radical (unpaired) electrons. The summed E-state index contributed by atoms with van der Waals surface area (Å²) in [5.41, 5.74) is 3.46. The fourth-order valence-corrected chi connectivity index (χ4v) is 6.21. The summed E-state index contributed by atoms with van der Waals surface area (Å²) in [5.74, 6) is -0.456. The predicted octanol–water partition coefficient (Wildman–Crippen LogP) is 7.47. The Balaban J connectivity index is 2.13.